The van der Waals surface area contributed by atoms with Crippen LogP contribution >= 0.6 is 0 Å². The molecule has 0 spiro atoms. The molecule has 0 aliphatic carbocycles. The fourth-order valence-corrected chi connectivity index (χ4v) is 1.82. The van der Waals surface area contributed by atoms with Gasteiger partial charge >= 0.3 is 6.18 Å². The molecular formula is C13H12F3N3. The summed E-state index contributed by atoms with van der Waals surface area (Å²) in [7, 11) is 1.69. The van der Waals surface area contributed by atoms with Crippen LogP contribution in [0.4, 0.5) is 19.0 Å². The van der Waals surface area contributed by atoms with E-state index in [4.69, 9.17) is 0 Å². The molecule has 1 heterocycles. The SMILES string of the molecule is CNc1nccnc1-c1ccc(C(F)(F)F)cc1C. The summed E-state index contributed by atoms with van der Waals surface area (Å²) in [4.78, 5) is 8.26. The number of hydrogen-bond donors (Lipinski definition) is 1. The average Bonchev–Trinajstić information content (AvgIpc) is 2.37. The number of benzene rings is 1. The molecule has 6 heteroatoms. The van der Waals surface area contributed by atoms with Gasteiger partial charge in [0, 0.05) is 25.0 Å². The van der Waals surface area contributed by atoms with Crippen LogP contribution in [0.15, 0.2) is 30.6 Å². The van der Waals surface area contributed by atoms with Crippen molar-refractivity contribution in [2.24, 2.45) is 0 Å². The minimum atomic E-state index is -4.34. The quantitative estimate of drug-likeness (QED) is 0.904. The van der Waals surface area contributed by atoms with Gasteiger partial charge in [-0.05, 0) is 24.6 Å². The van der Waals surface area contributed by atoms with E-state index in [-0.39, 0.29) is 0 Å². The first kappa shape index (κ1) is 13.3. The molecule has 0 saturated carbocycles. The van der Waals surface area contributed by atoms with Gasteiger partial charge in [0.05, 0.1) is 5.56 Å². The molecule has 0 amide bonds. The van der Waals surface area contributed by atoms with Gasteiger partial charge in [0.1, 0.15) is 5.69 Å². The van der Waals surface area contributed by atoms with Gasteiger partial charge in [-0.15, -0.1) is 0 Å². The minimum absolute atomic E-state index is 0.506. The van der Waals surface area contributed by atoms with Crippen LogP contribution in [0.1, 0.15) is 11.1 Å². The van der Waals surface area contributed by atoms with Crippen LogP contribution < -0.4 is 5.32 Å². The van der Waals surface area contributed by atoms with Crippen molar-refractivity contribution < 1.29 is 13.2 Å². The highest BCUT2D eigenvalue weighted by atomic mass is 19.4. The molecule has 0 bridgehead atoms. The maximum absolute atomic E-state index is 12.6. The van der Waals surface area contributed by atoms with E-state index in [1.165, 1.54) is 18.5 Å². The fourth-order valence-electron chi connectivity index (χ4n) is 1.82. The smallest absolute Gasteiger partial charge is 0.371 e. The molecule has 2 aromatic rings. The Bertz CT molecular complexity index is 594. The van der Waals surface area contributed by atoms with Crippen molar-refractivity contribution >= 4 is 5.82 Å². The van der Waals surface area contributed by atoms with Crippen molar-refractivity contribution in [3.8, 4) is 11.3 Å². The zero-order valence-corrected chi connectivity index (χ0v) is 10.4. The molecule has 1 aromatic heterocycles. The summed E-state index contributed by atoms with van der Waals surface area (Å²) in [5.41, 5.74) is 1.01. The number of nitrogens with zero attached hydrogens (tertiary/aromatic N) is 2. The van der Waals surface area contributed by atoms with E-state index in [9.17, 15) is 13.2 Å². The number of rotatable bonds is 2. The van der Waals surface area contributed by atoms with Gasteiger partial charge in [0.2, 0.25) is 0 Å². The van der Waals surface area contributed by atoms with E-state index in [0.29, 0.717) is 22.6 Å². The van der Waals surface area contributed by atoms with E-state index >= 15 is 0 Å². The van der Waals surface area contributed by atoms with Crippen molar-refractivity contribution in [2.75, 3.05) is 12.4 Å². The standard InChI is InChI=1S/C13H12F3N3/c1-8-7-9(13(14,15)16)3-4-10(8)11-12(17-2)19-6-5-18-11/h3-7H,1-2H3,(H,17,19). The Balaban J connectivity index is 2.53. The number of alkyl halides is 3. The van der Waals surface area contributed by atoms with Crippen molar-refractivity contribution in [3.05, 3.63) is 41.7 Å². The molecule has 0 unspecified atom stereocenters. The highest BCUT2D eigenvalue weighted by molar-refractivity contribution is 5.73. The third-order valence-electron chi connectivity index (χ3n) is 2.74. The van der Waals surface area contributed by atoms with E-state index in [2.05, 4.69) is 15.3 Å². The largest absolute Gasteiger partial charge is 0.416 e. The second-order valence-corrected chi connectivity index (χ2v) is 4.03. The molecule has 1 N–H and O–H groups in total. The van der Waals surface area contributed by atoms with Gasteiger partial charge in [-0.3, -0.25) is 4.98 Å². The lowest BCUT2D eigenvalue weighted by molar-refractivity contribution is -0.137. The molecule has 19 heavy (non-hydrogen) atoms. The van der Waals surface area contributed by atoms with Crippen LogP contribution in [-0.4, -0.2) is 17.0 Å². The lowest BCUT2D eigenvalue weighted by Crippen LogP contribution is -2.06. The molecule has 3 nitrogen and oxygen atoms in total. The van der Waals surface area contributed by atoms with Gasteiger partial charge in [-0.2, -0.15) is 13.2 Å². The predicted molar refractivity (Wildman–Crippen MR) is 66.8 cm³/mol. The van der Waals surface area contributed by atoms with E-state index < -0.39 is 11.7 Å². The lowest BCUT2D eigenvalue weighted by atomic mass is 10.0. The molecule has 1 aromatic carbocycles. The summed E-state index contributed by atoms with van der Waals surface area (Å²) < 4.78 is 37.8. The summed E-state index contributed by atoms with van der Waals surface area (Å²) in [6.07, 6.45) is -1.31. The van der Waals surface area contributed by atoms with Gasteiger partial charge in [-0.1, -0.05) is 6.07 Å². The van der Waals surface area contributed by atoms with E-state index in [0.717, 1.165) is 12.1 Å². The first-order valence-corrected chi connectivity index (χ1v) is 5.60. The molecule has 0 aliphatic heterocycles. The van der Waals surface area contributed by atoms with Gasteiger partial charge in [0.15, 0.2) is 5.82 Å². The Kier molecular flexibility index (Phi) is 3.42. The third-order valence-corrected chi connectivity index (χ3v) is 2.74. The first-order chi connectivity index (χ1) is 8.93. The lowest BCUT2D eigenvalue weighted by Gasteiger charge is -2.12. The van der Waals surface area contributed by atoms with Gasteiger partial charge in [0.25, 0.3) is 0 Å². The highest BCUT2D eigenvalue weighted by Crippen LogP contribution is 2.33. The molecule has 2 rings (SSSR count). The second-order valence-electron chi connectivity index (χ2n) is 4.03. The molecule has 0 radical (unpaired) electrons. The van der Waals surface area contributed by atoms with E-state index in [1.54, 1.807) is 14.0 Å². The summed E-state index contributed by atoms with van der Waals surface area (Å²) in [5.74, 6) is 0.533. The number of nitrogens with one attached hydrogen (secondary N) is 1. The first-order valence-electron chi connectivity index (χ1n) is 5.60. The van der Waals surface area contributed by atoms with Crippen molar-refractivity contribution in [1.82, 2.24) is 9.97 Å². The number of aryl methyl sites for hydroxylation is 1. The van der Waals surface area contributed by atoms with Crippen LogP contribution in [0.25, 0.3) is 11.3 Å². The zero-order valence-electron chi connectivity index (χ0n) is 10.4. The Labute approximate surface area is 108 Å². The number of halogens is 3. The number of aromatic nitrogens is 2. The number of anilines is 1. The van der Waals surface area contributed by atoms with Crippen LogP contribution in [0.5, 0.6) is 0 Å². The monoisotopic (exact) mass is 267 g/mol. The highest BCUT2D eigenvalue weighted by Gasteiger charge is 2.30. The van der Waals surface area contributed by atoms with Crippen molar-refractivity contribution in [2.45, 2.75) is 13.1 Å². The molecular weight excluding hydrogens is 255 g/mol. The topological polar surface area (TPSA) is 37.8 Å². The molecule has 0 saturated heterocycles. The maximum atomic E-state index is 12.6. The summed E-state index contributed by atoms with van der Waals surface area (Å²) >= 11 is 0. The summed E-state index contributed by atoms with van der Waals surface area (Å²) in [6.45, 7) is 1.62. The third kappa shape index (κ3) is 2.67. The fraction of sp³-hybridized carbons (Fsp3) is 0.231. The van der Waals surface area contributed by atoms with Crippen LogP contribution in [0, 0.1) is 6.92 Å². The summed E-state index contributed by atoms with van der Waals surface area (Å²) in [6, 6.07) is 3.59. The Morgan fingerprint density at radius 2 is 1.79 bits per heavy atom. The van der Waals surface area contributed by atoms with Gasteiger partial charge in [-0.25, -0.2) is 4.98 Å². The Hall–Kier alpha value is -2.11. The normalized spacial score (nSPS) is 11.4. The summed E-state index contributed by atoms with van der Waals surface area (Å²) in [5, 5.41) is 2.87. The van der Waals surface area contributed by atoms with Crippen molar-refractivity contribution in [1.29, 1.82) is 0 Å². The molecule has 0 aliphatic rings. The Morgan fingerprint density at radius 3 is 2.37 bits per heavy atom. The minimum Gasteiger partial charge on any atom is -0.371 e. The Morgan fingerprint density at radius 1 is 1.11 bits per heavy atom. The molecule has 0 atom stereocenters. The van der Waals surface area contributed by atoms with E-state index in [1.807, 2.05) is 0 Å². The maximum Gasteiger partial charge on any atom is 0.416 e. The van der Waals surface area contributed by atoms with Crippen LogP contribution in [0.3, 0.4) is 0 Å². The molecule has 100 valence electrons. The average molecular weight is 267 g/mol. The van der Waals surface area contributed by atoms with Crippen LogP contribution in [0.2, 0.25) is 0 Å². The van der Waals surface area contributed by atoms with Crippen molar-refractivity contribution in [3.63, 3.8) is 0 Å². The van der Waals surface area contributed by atoms with Gasteiger partial charge < -0.3 is 5.32 Å². The number of hydrogen-bond acceptors (Lipinski definition) is 3. The predicted octanol–water partition coefficient (Wildman–Crippen LogP) is 3.51. The second kappa shape index (κ2) is 4.87. The zero-order chi connectivity index (χ0) is 14.0. The molecule has 0 fully saturated rings. The van der Waals surface area contributed by atoms with Crippen LogP contribution in [-0.2, 0) is 6.18 Å².